The highest BCUT2D eigenvalue weighted by Crippen LogP contribution is 1.71. The summed E-state index contributed by atoms with van der Waals surface area (Å²) in [6.45, 7) is 3.43. The second kappa shape index (κ2) is 9.80. The first-order chi connectivity index (χ1) is 3.68. The van der Waals surface area contributed by atoms with Crippen LogP contribution < -0.4 is 0 Å². The zero-order chi connectivity index (χ0) is 6.99. The summed E-state index contributed by atoms with van der Waals surface area (Å²) in [6.07, 6.45) is 0.667. The van der Waals surface area contributed by atoms with Crippen LogP contribution in [0.25, 0.3) is 0 Å². The molecule has 0 rings (SSSR count). The standard InChI is InChI=1S/C4H8O.C2H6O/c1-3-4(2)5;1-3-2/h3H2,1-2H3;1-2H3. The lowest BCUT2D eigenvalue weighted by Gasteiger charge is -1.71. The number of carbonyl (C=O) groups is 1. The predicted octanol–water partition coefficient (Wildman–Crippen LogP) is 1.25. The molecule has 0 bridgehead atoms. The Balaban J connectivity index is 0. The molecule has 0 aliphatic rings. The van der Waals surface area contributed by atoms with Crippen molar-refractivity contribution in [2.45, 2.75) is 20.3 Å². The molecular formula is C6H14O2. The van der Waals surface area contributed by atoms with E-state index >= 15 is 0 Å². The van der Waals surface area contributed by atoms with Gasteiger partial charge in [-0.1, -0.05) is 6.92 Å². The average molecular weight is 118 g/mol. The van der Waals surface area contributed by atoms with E-state index in [0.717, 1.165) is 0 Å². The average Bonchev–Trinajstić information content (AvgIpc) is 1.69. The highest BCUT2D eigenvalue weighted by Gasteiger charge is 1.76. The van der Waals surface area contributed by atoms with E-state index in [1.165, 1.54) is 0 Å². The van der Waals surface area contributed by atoms with Gasteiger partial charge in [0.25, 0.3) is 0 Å². The van der Waals surface area contributed by atoms with Gasteiger partial charge in [0.05, 0.1) is 0 Å². The molecule has 0 aliphatic heterocycles. The summed E-state index contributed by atoms with van der Waals surface area (Å²) in [6, 6.07) is 0. The lowest BCUT2D eigenvalue weighted by Crippen LogP contribution is -1.80. The van der Waals surface area contributed by atoms with Gasteiger partial charge in [0.1, 0.15) is 5.78 Å². The minimum Gasteiger partial charge on any atom is -0.388 e. The number of methoxy groups -OCH3 is 1. The summed E-state index contributed by atoms with van der Waals surface area (Å²) >= 11 is 0. The highest BCUT2D eigenvalue weighted by molar-refractivity contribution is 5.74. The van der Waals surface area contributed by atoms with Gasteiger partial charge in [0.2, 0.25) is 0 Å². The highest BCUT2D eigenvalue weighted by atomic mass is 16.4. The number of hydrogen-bond acceptors (Lipinski definition) is 2. The molecule has 0 saturated carbocycles. The van der Waals surface area contributed by atoms with E-state index < -0.39 is 0 Å². The first-order valence-corrected chi connectivity index (χ1v) is 2.58. The monoisotopic (exact) mass is 118 g/mol. The molecule has 0 radical (unpaired) electrons. The third kappa shape index (κ3) is 45.4. The number of rotatable bonds is 1. The summed E-state index contributed by atoms with van der Waals surface area (Å²) in [5.74, 6) is 0.255. The molecule has 2 nitrogen and oxygen atoms in total. The Morgan fingerprint density at radius 3 is 1.62 bits per heavy atom. The zero-order valence-corrected chi connectivity index (χ0v) is 6.02. The minimum absolute atomic E-state index is 0.255. The Bertz CT molecular complexity index is 50.5. The molecule has 2 heteroatoms. The van der Waals surface area contributed by atoms with E-state index in [9.17, 15) is 4.79 Å². The second-order valence-electron chi connectivity index (χ2n) is 1.46. The van der Waals surface area contributed by atoms with Crippen molar-refractivity contribution in [2.24, 2.45) is 0 Å². The van der Waals surface area contributed by atoms with E-state index in [2.05, 4.69) is 4.74 Å². The third-order valence-corrected chi connectivity index (χ3v) is 0.498. The molecule has 0 fully saturated rings. The van der Waals surface area contributed by atoms with Crippen LogP contribution in [0, 0.1) is 0 Å². The van der Waals surface area contributed by atoms with E-state index in [1.807, 2.05) is 6.92 Å². The van der Waals surface area contributed by atoms with E-state index in [1.54, 1.807) is 21.1 Å². The molecule has 0 aliphatic carbocycles. The fraction of sp³-hybridized carbons (Fsp3) is 0.833. The largest absolute Gasteiger partial charge is 0.388 e. The van der Waals surface area contributed by atoms with Crippen molar-refractivity contribution in [1.82, 2.24) is 0 Å². The summed E-state index contributed by atoms with van der Waals surface area (Å²) < 4.78 is 4.25. The van der Waals surface area contributed by atoms with Crippen molar-refractivity contribution in [2.75, 3.05) is 14.2 Å². The number of Topliss-reactive ketones (excluding diaryl/α,β-unsaturated/α-hetero) is 1. The summed E-state index contributed by atoms with van der Waals surface area (Å²) in [5.41, 5.74) is 0. The molecular weight excluding hydrogens is 104 g/mol. The van der Waals surface area contributed by atoms with E-state index in [0.29, 0.717) is 6.42 Å². The third-order valence-electron chi connectivity index (χ3n) is 0.498. The van der Waals surface area contributed by atoms with Crippen LogP contribution in [0.3, 0.4) is 0 Å². The fourth-order valence-electron chi connectivity index (χ4n) is 0. The van der Waals surface area contributed by atoms with Gasteiger partial charge >= 0.3 is 0 Å². The maximum atomic E-state index is 9.81. The Labute approximate surface area is 50.8 Å². The maximum Gasteiger partial charge on any atom is 0.129 e. The first kappa shape index (κ1) is 10.6. The Morgan fingerprint density at radius 2 is 1.62 bits per heavy atom. The topological polar surface area (TPSA) is 26.3 Å². The minimum atomic E-state index is 0.255. The van der Waals surface area contributed by atoms with Gasteiger partial charge in [0.15, 0.2) is 0 Å². The van der Waals surface area contributed by atoms with Gasteiger partial charge in [-0.15, -0.1) is 0 Å². The normalized spacial score (nSPS) is 7.00. The van der Waals surface area contributed by atoms with Gasteiger partial charge in [-0.25, -0.2) is 0 Å². The number of hydrogen-bond donors (Lipinski definition) is 0. The molecule has 0 heterocycles. The molecule has 0 atom stereocenters. The van der Waals surface area contributed by atoms with Crippen LogP contribution in [0.5, 0.6) is 0 Å². The van der Waals surface area contributed by atoms with Crippen molar-refractivity contribution >= 4 is 5.78 Å². The van der Waals surface area contributed by atoms with Gasteiger partial charge in [-0.2, -0.15) is 0 Å². The van der Waals surface area contributed by atoms with Gasteiger partial charge in [0, 0.05) is 20.6 Å². The second-order valence-corrected chi connectivity index (χ2v) is 1.46. The van der Waals surface area contributed by atoms with Crippen LogP contribution in [-0.2, 0) is 9.53 Å². The quantitative estimate of drug-likeness (QED) is 0.518. The van der Waals surface area contributed by atoms with Crippen LogP contribution in [0.15, 0.2) is 0 Å². The fourth-order valence-corrected chi connectivity index (χ4v) is 0. The predicted molar refractivity (Wildman–Crippen MR) is 33.9 cm³/mol. The molecule has 0 N–H and O–H groups in total. The molecule has 0 saturated heterocycles. The van der Waals surface area contributed by atoms with Gasteiger partial charge < -0.3 is 9.53 Å². The molecule has 50 valence electrons. The number of ketones is 1. The van der Waals surface area contributed by atoms with Crippen molar-refractivity contribution < 1.29 is 9.53 Å². The van der Waals surface area contributed by atoms with Crippen LogP contribution in [0.4, 0.5) is 0 Å². The molecule has 0 unspecified atom stereocenters. The van der Waals surface area contributed by atoms with Crippen molar-refractivity contribution in [3.05, 3.63) is 0 Å². The zero-order valence-electron chi connectivity index (χ0n) is 6.02. The first-order valence-electron chi connectivity index (χ1n) is 2.58. The molecule has 8 heavy (non-hydrogen) atoms. The van der Waals surface area contributed by atoms with Crippen molar-refractivity contribution in [3.8, 4) is 0 Å². The molecule has 0 aromatic rings. The van der Waals surface area contributed by atoms with Crippen molar-refractivity contribution in [3.63, 3.8) is 0 Å². The number of carbonyl (C=O) groups excluding carboxylic acids is 1. The smallest absolute Gasteiger partial charge is 0.129 e. The van der Waals surface area contributed by atoms with Gasteiger partial charge in [-0.3, -0.25) is 0 Å². The van der Waals surface area contributed by atoms with Crippen LogP contribution in [-0.4, -0.2) is 20.0 Å². The van der Waals surface area contributed by atoms with E-state index in [-0.39, 0.29) is 5.78 Å². The molecule has 0 amide bonds. The molecule has 0 aromatic carbocycles. The Kier molecular flexibility index (Phi) is 13.0. The summed E-state index contributed by atoms with van der Waals surface area (Å²) in [5, 5.41) is 0. The number of ether oxygens (including phenoxy) is 1. The molecule has 0 aromatic heterocycles. The van der Waals surface area contributed by atoms with Crippen LogP contribution in [0.1, 0.15) is 20.3 Å². The van der Waals surface area contributed by atoms with Crippen molar-refractivity contribution in [1.29, 1.82) is 0 Å². The summed E-state index contributed by atoms with van der Waals surface area (Å²) in [4.78, 5) is 9.81. The Hall–Kier alpha value is -0.370. The lowest BCUT2D eigenvalue weighted by molar-refractivity contribution is -0.116. The Morgan fingerprint density at radius 1 is 1.50 bits per heavy atom. The van der Waals surface area contributed by atoms with Crippen LogP contribution in [0.2, 0.25) is 0 Å². The molecule has 0 spiro atoms. The van der Waals surface area contributed by atoms with E-state index in [4.69, 9.17) is 0 Å². The van der Waals surface area contributed by atoms with Crippen LogP contribution >= 0.6 is 0 Å². The summed E-state index contributed by atoms with van der Waals surface area (Å²) in [7, 11) is 3.25. The lowest BCUT2D eigenvalue weighted by atomic mass is 10.4. The maximum absolute atomic E-state index is 9.81. The van der Waals surface area contributed by atoms with Gasteiger partial charge in [-0.05, 0) is 6.92 Å². The SMILES string of the molecule is CCC(C)=O.COC.